The third kappa shape index (κ3) is 5.35. The molecular weight excluding hydrogens is 406 g/mol. The number of aromatic nitrogens is 1. The SMILES string of the molecule is CCN(CC)c1ccc2[nH]c(C)c(C[NH+](Cc3ccccc3)Cc3ccccc3)c(=O)c2c1. The van der Waals surface area contributed by atoms with Gasteiger partial charge < -0.3 is 14.8 Å². The fraction of sp³-hybridized carbons (Fsp3) is 0.276. The molecule has 1 aromatic heterocycles. The first-order chi connectivity index (χ1) is 16.1. The lowest BCUT2D eigenvalue weighted by Gasteiger charge is -2.22. The number of aromatic amines is 1. The Morgan fingerprint density at radius 2 is 1.36 bits per heavy atom. The van der Waals surface area contributed by atoms with Gasteiger partial charge in [-0.2, -0.15) is 0 Å². The third-order valence-corrected chi connectivity index (χ3v) is 6.45. The van der Waals surface area contributed by atoms with Crippen LogP contribution < -0.4 is 15.2 Å². The summed E-state index contributed by atoms with van der Waals surface area (Å²) in [6.45, 7) is 10.6. The molecule has 2 N–H and O–H groups in total. The van der Waals surface area contributed by atoms with Gasteiger partial charge in [0.1, 0.15) is 19.6 Å². The van der Waals surface area contributed by atoms with E-state index in [1.165, 1.54) is 16.0 Å². The van der Waals surface area contributed by atoms with Crippen LogP contribution in [0.2, 0.25) is 0 Å². The third-order valence-electron chi connectivity index (χ3n) is 6.45. The molecule has 0 amide bonds. The average molecular weight is 441 g/mol. The number of anilines is 1. The lowest BCUT2D eigenvalue weighted by molar-refractivity contribution is -0.941. The van der Waals surface area contributed by atoms with Crippen molar-refractivity contribution in [2.45, 2.75) is 40.4 Å². The van der Waals surface area contributed by atoms with E-state index in [2.05, 4.69) is 84.4 Å². The summed E-state index contributed by atoms with van der Waals surface area (Å²) < 4.78 is 0. The molecule has 4 aromatic rings. The highest BCUT2D eigenvalue weighted by atomic mass is 16.1. The number of benzene rings is 3. The number of hydrogen-bond acceptors (Lipinski definition) is 2. The summed E-state index contributed by atoms with van der Waals surface area (Å²) >= 11 is 0. The zero-order valence-corrected chi connectivity index (χ0v) is 19.9. The molecular formula is C29H34N3O+. The Bertz CT molecular complexity index is 1200. The summed E-state index contributed by atoms with van der Waals surface area (Å²) in [4.78, 5) is 20.8. The Kier molecular flexibility index (Phi) is 7.26. The van der Waals surface area contributed by atoms with Gasteiger partial charge in [-0.05, 0) is 39.0 Å². The van der Waals surface area contributed by atoms with Gasteiger partial charge in [0.05, 0.1) is 5.56 Å². The van der Waals surface area contributed by atoms with Crippen LogP contribution in [0.25, 0.3) is 10.9 Å². The molecule has 4 heteroatoms. The number of pyridine rings is 1. The highest BCUT2D eigenvalue weighted by Gasteiger charge is 2.18. The molecule has 0 saturated heterocycles. The molecule has 0 spiro atoms. The lowest BCUT2D eigenvalue weighted by Crippen LogP contribution is -3.08. The molecule has 170 valence electrons. The van der Waals surface area contributed by atoms with E-state index >= 15 is 0 Å². The Labute approximate surface area is 196 Å². The van der Waals surface area contributed by atoms with E-state index in [-0.39, 0.29) is 5.43 Å². The van der Waals surface area contributed by atoms with Crippen LogP contribution in [0.1, 0.15) is 36.2 Å². The van der Waals surface area contributed by atoms with E-state index in [9.17, 15) is 4.79 Å². The molecule has 0 atom stereocenters. The molecule has 0 fully saturated rings. The largest absolute Gasteiger partial charge is 0.372 e. The van der Waals surface area contributed by atoms with Gasteiger partial charge in [-0.15, -0.1) is 0 Å². The van der Waals surface area contributed by atoms with Gasteiger partial charge in [-0.1, -0.05) is 60.7 Å². The predicted octanol–water partition coefficient (Wildman–Crippen LogP) is 4.47. The Morgan fingerprint density at radius 3 is 1.91 bits per heavy atom. The van der Waals surface area contributed by atoms with Crippen LogP contribution in [0.5, 0.6) is 0 Å². The van der Waals surface area contributed by atoms with Crippen molar-refractivity contribution in [2.24, 2.45) is 0 Å². The molecule has 33 heavy (non-hydrogen) atoms. The number of hydrogen-bond donors (Lipinski definition) is 2. The maximum atomic E-state index is 13.7. The summed E-state index contributed by atoms with van der Waals surface area (Å²) in [6.07, 6.45) is 0. The number of quaternary nitrogens is 1. The van der Waals surface area contributed by atoms with Gasteiger partial charge in [-0.3, -0.25) is 4.79 Å². The second-order valence-corrected chi connectivity index (χ2v) is 8.71. The first-order valence-corrected chi connectivity index (χ1v) is 11.9. The molecule has 0 aliphatic heterocycles. The minimum atomic E-state index is 0.147. The Morgan fingerprint density at radius 1 is 0.788 bits per heavy atom. The van der Waals surface area contributed by atoms with Crippen molar-refractivity contribution >= 4 is 16.6 Å². The highest BCUT2D eigenvalue weighted by Crippen LogP contribution is 2.20. The fourth-order valence-electron chi connectivity index (χ4n) is 4.64. The molecule has 4 rings (SSSR count). The summed E-state index contributed by atoms with van der Waals surface area (Å²) in [5, 5.41) is 0.777. The van der Waals surface area contributed by atoms with Crippen LogP contribution in [0.4, 0.5) is 5.69 Å². The topological polar surface area (TPSA) is 40.5 Å². The molecule has 0 aliphatic rings. The van der Waals surface area contributed by atoms with Crippen molar-refractivity contribution in [3.8, 4) is 0 Å². The molecule has 0 aliphatic carbocycles. The minimum Gasteiger partial charge on any atom is -0.372 e. The fourth-order valence-corrected chi connectivity index (χ4v) is 4.64. The van der Waals surface area contributed by atoms with Crippen LogP contribution in [-0.2, 0) is 19.6 Å². The second kappa shape index (κ2) is 10.5. The number of H-pyrrole nitrogens is 1. The number of rotatable bonds is 9. The van der Waals surface area contributed by atoms with E-state index in [0.29, 0.717) is 6.54 Å². The van der Waals surface area contributed by atoms with Crippen molar-refractivity contribution < 1.29 is 4.90 Å². The number of nitrogens with zero attached hydrogens (tertiary/aromatic N) is 1. The van der Waals surface area contributed by atoms with E-state index in [1.54, 1.807) is 0 Å². The van der Waals surface area contributed by atoms with E-state index in [0.717, 1.165) is 54.0 Å². The maximum absolute atomic E-state index is 13.7. The van der Waals surface area contributed by atoms with Gasteiger partial charge in [0.2, 0.25) is 0 Å². The lowest BCUT2D eigenvalue weighted by atomic mass is 10.1. The van der Waals surface area contributed by atoms with Crippen molar-refractivity contribution in [1.29, 1.82) is 0 Å². The summed E-state index contributed by atoms with van der Waals surface area (Å²) in [5.74, 6) is 0. The van der Waals surface area contributed by atoms with Crippen LogP contribution in [0.3, 0.4) is 0 Å². The smallest absolute Gasteiger partial charge is 0.198 e. The number of fused-ring (bicyclic) bond motifs is 1. The highest BCUT2D eigenvalue weighted by molar-refractivity contribution is 5.83. The van der Waals surface area contributed by atoms with Gasteiger partial charge in [-0.25, -0.2) is 0 Å². The second-order valence-electron chi connectivity index (χ2n) is 8.71. The zero-order valence-electron chi connectivity index (χ0n) is 19.9. The first-order valence-electron chi connectivity index (χ1n) is 11.9. The Hall–Kier alpha value is -3.37. The monoisotopic (exact) mass is 440 g/mol. The van der Waals surface area contributed by atoms with Crippen LogP contribution in [0.15, 0.2) is 83.7 Å². The van der Waals surface area contributed by atoms with Gasteiger partial charge >= 0.3 is 0 Å². The number of aryl methyl sites for hydroxylation is 1. The molecule has 0 saturated carbocycles. The molecule has 0 unspecified atom stereocenters. The quantitative estimate of drug-likeness (QED) is 0.403. The van der Waals surface area contributed by atoms with E-state index < -0.39 is 0 Å². The zero-order chi connectivity index (χ0) is 23.2. The van der Waals surface area contributed by atoms with Crippen molar-refractivity contribution in [2.75, 3.05) is 18.0 Å². The molecule has 0 bridgehead atoms. The van der Waals surface area contributed by atoms with E-state index in [1.807, 2.05) is 25.1 Å². The van der Waals surface area contributed by atoms with Crippen molar-refractivity contribution in [3.63, 3.8) is 0 Å². The summed E-state index contributed by atoms with van der Waals surface area (Å²) in [5.41, 5.74) is 6.55. The van der Waals surface area contributed by atoms with Crippen molar-refractivity contribution in [3.05, 3.63) is 111 Å². The van der Waals surface area contributed by atoms with Gasteiger partial charge in [0.25, 0.3) is 0 Å². The minimum absolute atomic E-state index is 0.147. The summed E-state index contributed by atoms with van der Waals surface area (Å²) in [7, 11) is 0. The van der Waals surface area contributed by atoms with Crippen LogP contribution >= 0.6 is 0 Å². The summed E-state index contributed by atoms with van der Waals surface area (Å²) in [6, 6.07) is 27.3. The number of nitrogens with one attached hydrogen (secondary N) is 2. The normalized spacial score (nSPS) is 11.3. The average Bonchev–Trinajstić information content (AvgIpc) is 2.84. The van der Waals surface area contributed by atoms with E-state index in [4.69, 9.17) is 0 Å². The van der Waals surface area contributed by atoms with Crippen LogP contribution in [0, 0.1) is 6.92 Å². The standard InChI is InChI=1S/C29H33N3O/c1-4-32(5-2)25-16-17-28-26(18-25)29(33)27(22(3)30-28)21-31(19-23-12-8-6-9-13-23)20-24-14-10-7-11-15-24/h6-18H,4-5,19-21H2,1-3H3,(H,30,33)/p+1. The molecule has 1 heterocycles. The Balaban J connectivity index is 1.71. The predicted molar refractivity (Wildman–Crippen MR) is 138 cm³/mol. The molecule has 0 radical (unpaired) electrons. The van der Waals surface area contributed by atoms with Crippen molar-refractivity contribution in [1.82, 2.24) is 4.98 Å². The maximum Gasteiger partial charge on any atom is 0.198 e. The van der Waals surface area contributed by atoms with Gasteiger partial charge in [0.15, 0.2) is 5.43 Å². The van der Waals surface area contributed by atoms with Gasteiger partial charge in [0, 0.05) is 46.5 Å². The molecule has 3 aromatic carbocycles. The van der Waals surface area contributed by atoms with Crippen LogP contribution in [-0.4, -0.2) is 18.1 Å². The molecule has 4 nitrogen and oxygen atoms in total. The first kappa shape index (κ1) is 22.8.